The Morgan fingerprint density at radius 2 is 2.11 bits per heavy atom. The van der Waals surface area contributed by atoms with Gasteiger partial charge in [-0.2, -0.15) is 0 Å². The molecule has 1 aromatic rings. The number of likely N-dealkylation sites (tertiary alicyclic amines) is 1. The van der Waals surface area contributed by atoms with E-state index in [0.717, 1.165) is 18.7 Å². The summed E-state index contributed by atoms with van der Waals surface area (Å²) in [5.74, 6) is 1.29. The Morgan fingerprint density at radius 1 is 1.42 bits per heavy atom. The van der Waals surface area contributed by atoms with Crippen molar-refractivity contribution in [2.75, 3.05) is 26.8 Å². The largest absolute Gasteiger partial charge is 0.497 e. The van der Waals surface area contributed by atoms with Crippen LogP contribution < -0.4 is 4.74 Å². The van der Waals surface area contributed by atoms with Gasteiger partial charge in [0.1, 0.15) is 5.75 Å². The van der Waals surface area contributed by atoms with E-state index in [1.165, 1.54) is 0 Å². The molecular weight excluding hydrogens is 242 g/mol. The summed E-state index contributed by atoms with van der Waals surface area (Å²) in [7, 11) is 1.61. The fourth-order valence-electron chi connectivity index (χ4n) is 2.63. The summed E-state index contributed by atoms with van der Waals surface area (Å²) in [4.78, 5) is 14.3. The van der Waals surface area contributed by atoms with Gasteiger partial charge in [0.2, 0.25) is 0 Å². The number of aliphatic hydroxyl groups is 1. The predicted octanol–water partition coefficient (Wildman–Crippen LogP) is 1.58. The number of ether oxygens (including phenoxy) is 1. The lowest BCUT2D eigenvalue weighted by molar-refractivity contribution is 0.0866. The third-order valence-electron chi connectivity index (χ3n) is 3.94. The maximum Gasteiger partial charge on any atom is 0.176 e. The highest BCUT2D eigenvalue weighted by atomic mass is 16.5. The zero-order valence-electron chi connectivity index (χ0n) is 11.5. The van der Waals surface area contributed by atoms with E-state index in [0.29, 0.717) is 18.0 Å². The van der Waals surface area contributed by atoms with Crippen molar-refractivity contribution in [3.8, 4) is 5.75 Å². The Kier molecular flexibility index (Phi) is 4.56. The Balaban J connectivity index is 2.00. The molecule has 1 aliphatic heterocycles. The molecule has 19 heavy (non-hydrogen) atoms. The lowest BCUT2D eigenvalue weighted by Gasteiger charge is -2.24. The van der Waals surface area contributed by atoms with Gasteiger partial charge < -0.3 is 9.84 Å². The minimum absolute atomic E-state index is 0.0928. The molecule has 0 aliphatic carbocycles. The molecule has 4 heteroatoms. The van der Waals surface area contributed by atoms with Crippen LogP contribution in [0.4, 0.5) is 0 Å². The van der Waals surface area contributed by atoms with Gasteiger partial charge in [0, 0.05) is 11.6 Å². The Labute approximate surface area is 114 Å². The Morgan fingerprint density at radius 3 is 2.68 bits per heavy atom. The van der Waals surface area contributed by atoms with E-state index in [1.807, 2.05) is 0 Å². The van der Waals surface area contributed by atoms with Crippen molar-refractivity contribution < 1.29 is 14.6 Å². The van der Waals surface area contributed by atoms with Gasteiger partial charge >= 0.3 is 0 Å². The third kappa shape index (κ3) is 3.14. The van der Waals surface area contributed by atoms with Crippen LogP contribution in [0.15, 0.2) is 24.3 Å². The zero-order chi connectivity index (χ0) is 13.8. The van der Waals surface area contributed by atoms with Crippen molar-refractivity contribution in [3.05, 3.63) is 29.8 Å². The molecule has 0 radical (unpaired) electrons. The standard InChI is InChI=1S/C15H21NO3/c1-11-7-8-16(14(11)10-17)9-15(18)12-3-5-13(19-2)6-4-12/h3-6,11,14,17H,7-10H2,1-2H3. The van der Waals surface area contributed by atoms with Gasteiger partial charge in [0.05, 0.1) is 20.3 Å². The van der Waals surface area contributed by atoms with Gasteiger partial charge in [-0.1, -0.05) is 6.92 Å². The molecular formula is C15H21NO3. The lowest BCUT2D eigenvalue weighted by atomic mass is 10.0. The maximum atomic E-state index is 12.2. The molecule has 1 N–H and O–H groups in total. The summed E-state index contributed by atoms with van der Waals surface area (Å²) < 4.78 is 5.08. The van der Waals surface area contributed by atoms with Crippen LogP contribution in [0.5, 0.6) is 5.75 Å². The number of carbonyl (C=O) groups is 1. The summed E-state index contributed by atoms with van der Waals surface area (Å²) in [6.07, 6.45) is 1.04. The number of rotatable bonds is 5. The number of aliphatic hydroxyl groups excluding tert-OH is 1. The molecule has 2 unspecified atom stereocenters. The van der Waals surface area contributed by atoms with Crippen LogP contribution in [-0.4, -0.2) is 48.6 Å². The quantitative estimate of drug-likeness (QED) is 0.819. The van der Waals surface area contributed by atoms with Crippen LogP contribution in [0.3, 0.4) is 0 Å². The first kappa shape index (κ1) is 14.0. The van der Waals surface area contributed by atoms with Crippen molar-refractivity contribution in [1.29, 1.82) is 0 Å². The Bertz CT molecular complexity index is 430. The fourth-order valence-corrected chi connectivity index (χ4v) is 2.63. The molecule has 0 amide bonds. The molecule has 0 saturated carbocycles. The van der Waals surface area contributed by atoms with E-state index < -0.39 is 0 Å². The summed E-state index contributed by atoms with van der Waals surface area (Å²) in [6.45, 7) is 3.51. The van der Waals surface area contributed by atoms with E-state index in [2.05, 4.69) is 11.8 Å². The molecule has 104 valence electrons. The van der Waals surface area contributed by atoms with Crippen molar-refractivity contribution in [2.45, 2.75) is 19.4 Å². The average Bonchev–Trinajstić information content (AvgIpc) is 2.79. The predicted molar refractivity (Wildman–Crippen MR) is 73.6 cm³/mol. The molecule has 0 aromatic heterocycles. The highest BCUT2D eigenvalue weighted by Crippen LogP contribution is 2.23. The summed E-state index contributed by atoms with van der Waals surface area (Å²) in [6, 6.07) is 7.28. The average molecular weight is 263 g/mol. The number of hydrogen-bond acceptors (Lipinski definition) is 4. The number of ketones is 1. The molecule has 1 heterocycles. The van der Waals surface area contributed by atoms with E-state index in [4.69, 9.17) is 4.74 Å². The second-order valence-electron chi connectivity index (χ2n) is 5.14. The second-order valence-corrected chi connectivity index (χ2v) is 5.14. The van der Waals surface area contributed by atoms with Crippen LogP contribution in [0.2, 0.25) is 0 Å². The maximum absolute atomic E-state index is 12.2. The van der Waals surface area contributed by atoms with Crippen LogP contribution in [-0.2, 0) is 0 Å². The molecule has 1 aliphatic rings. The van der Waals surface area contributed by atoms with Gasteiger partial charge in [-0.3, -0.25) is 9.69 Å². The minimum Gasteiger partial charge on any atom is -0.497 e. The smallest absolute Gasteiger partial charge is 0.176 e. The van der Waals surface area contributed by atoms with E-state index in [9.17, 15) is 9.90 Å². The van der Waals surface area contributed by atoms with Gasteiger partial charge in [-0.15, -0.1) is 0 Å². The molecule has 1 saturated heterocycles. The van der Waals surface area contributed by atoms with Crippen LogP contribution in [0.25, 0.3) is 0 Å². The summed E-state index contributed by atoms with van der Waals surface area (Å²) in [5.41, 5.74) is 0.692. The van der Waals surface area contributed by atoms with Gasteiger partial charge in [0.25, 0.3) is 0 Å². The van der Waals surface area contributed by atoms with E-state index in [-0.39, 0.29) is 18.4 Å². The highest BCUT2D eigenvalue weighted by Gasteiger charge is 2.31. The summed E-state index contributed by atoms with van der Waals surface area (Å²) in [5, 5.41) is 9.39. The van der Waals surface area contributed by atoms with Crippen molar-refractivity contribution in [1.82, 2.24) is 4.90 Å². The fraction of sp³-hybridized carbons (Fsp3) is 0.533. The minimum atomic E-state index is 0.0928. The lowest BCUT2D eigenvalue weighted by Crippen LogP contribution is -2.38. The van der Waals surface area contributed by atoms with Crippen molar-refractivity contribution in [2.24, 2.45) is 5.92 Å². The molecule has 0 bridgehead atoms. The molecule has 2 rings (SSSR count). The number of methoxy groups -OCH3 is 1. The highest BCUT2D eigenvalue weighted by molar-refractivity contribution is 5.97. The first-order valence-electron chi connectivity index (χ1n) is 6.68. The second kappa shape index (κ2) is 6.17. The van der Waals surface area contributed by atoms with Crippen LogP contribution in [0, 0.1) is 5.92 Å². The molecule has 1 fully saturated rings. The number of nitrogens with zero attached hydrogens (tertiary/aromatic N) is 1. The zero-order valence-corrected chi connectivity index (χ0v) is 11.5. The van der Waals surface area contributed by atoms with Gasteiger partial charge in [-0.25, -0.2) is 0 Å². The van der Waals surface area contributed by atoms with Gasteiger partial charge in [-0.05, 0) is 43.1 Å². The third-order valence-corrected chi connectivity index (χ3v) is 3.94. The number of carbonyl (C=O) groups excluding carboxylic acids is 1. The number of Topliss-reactive ketones (excluding diaryl/α,β-unsaturated/α-hetero) is 1. The monoisotopic (exact) mass is 263 g/mol. The molecule has 4 nitrogen and oxygen atoms in total. The van der Waals surface area contributed by atoms with Crippen LogP contribution in [0.1, 0.15) is 23.7 Å². The Hall–Kier alpha value is -1.39. The first-order chi connectivity index (χ1) is 9.15. The molecule has 0 spiro atoms. The van der Waals surface area contributed by atoms with E-state index in [1.54, 1.807) is 31.4 Å². The molecule has 2 atom stereocenters. The van der Waals surface area contributed by atoms with Gasteiger partial charge in [0.15, 0.2) is 5.78 Å². The number of benzene rings is 1. The SMILES string of the molecule is COc1ccc(C(=O)CN2CCC(C)C2CO)cc1. The van der Waals surface area contributed by atoms with Crippen LogP contribution >= 0.6 is 0 Å². The normalized spacial score (nSPS) is 23.5. The first-order valence-corrected chi connectivity index (χ1v) is 6.68. The van der Waals surface area contributed by atoms with Crippen molar-refractivity contribution >= 4 is 5.78 Å². The van der Waals surface area contributed by atoms with Crippen molar-refractivity contribution in [3.63, 3.8) is 0 Å². The summed E-state index contributed by atoms with van der Waals surface area (Å²) >= 11 is 0. The molecule has 1 aromatic carbocycles. The topological polar surface area (TPSA) is 49.8 Å². The van der Waals surface area contributed by atoms with E-state index >= 15 is 0 Å². The number of hydrogen-bond donors (Lipinski definition) is 1.